The lowest BCUT2D eigenvalue weighted by Gasteiger charge is -2.71. The van der Waals surface area contributed by atoms with Crippen LogP contribution in [0.25, 0.3) is 22.4 Å². The molecule has 9 atom stereocenters. The van der Waals surface area contributed by atoms with Crippen LogP contribution in [0.15, 0.2) is 64.6 Å². The quantitative estimate of drug-likeness (QED) is 0.201. The van der Waals surface area contributed by atoms with Gasteiger partial charge in [-0.1, -0.05) is 77.8 Å². The van der Waals surface area contributed by atoms with Crippen molar-refractivity contribution in [2.75, 3.05) is 7.11 Å². The maximum Gasteiger partial charge on any atom is 0.247 e. The predicted octanol–water partition coefficient (Wildman–Crippen LogP) is 11.2. The Kier molecular flexibility index (Phi) is 7.21. The topological polar surface area (TPSA) is 61.0 Å². The van der Waals surface area contributed by atoms with Crippen LogP contribution in [0.3, 0.4) is 0 Å². The number of ether oxygens (including phenoxy) is 1. The van der Waals surface area contributed by atoms with Gasteiger partial charge in [0.25, 0.3) is 0 Å². The largest absolute Gasteiger partial charge is 0.497 e. The summed E-state index contributed by atoms with van der Waals surface area (Å²) in [5, 5.41) is 10.8. The van der Waals surface area contributed by atoms with Crippen molar-refractivity contribution in [3.8, 4) is 17.2 Å². The van der Waals surface area contributed by atoms with Crippen molar-refractivity contribution in [3.63, 3.8) is 0 Å². The summed E-state index contributed by atoms with van der Waals surface area (Å²) < 4.78 is 12.4. The molecule has 3 saturated carbocycles. The van der Waals surface area contributed by atoms with Crippen molar-refractivity contribution in [1.82, 2.24) is 15.2 Å². The van der Waals surface area contributed by atoms with Gasteiger partial charge in [0.05, 0.1) is 23.7 Å². The summed E-state index contributed by atoms with van der Waals surface area (Å²) in [6.45, 7) is 20.2. The normalized spacial score (nSPS) is 38.1. The molecule has 268 valence electrons. The molecule has 5 nitrogen and oxygen atoms in total. The maximum atomic E-state index is 6.76. The molecular weight excluding hydrogens is 627 g/mol. The number of hydrogen-bond acceptors (Lipinski definition) is 5. The van der Waals surface area contributed by atoms with Gasteiger partial charge in [-0.15, -0.1) is 10.2 Å². The molecule has 0 N–H and O–H groups in total. The van der Waals surface area contributed by atoms with E-state index >= 15 is 0 Å². The number of benzene rings is 2. The minimum absolute atomic E-state index is 0.00479. The molecule has 2 aromatic heterocycles. The summed E-state index contributed by atoms with van der Waals surface area (Å²) in [5.41, 5.74) is 8.24. The third-order valence-electron chi connectivity index (χ3n) is 16.6. The van der Waals surface area contributed by atoms with Crippen molar-refractivity contribution in [2.24, 2.45) is 45.8 Å². The Morgan fingerprint density at radius 1 is 0.843 bits per heavy atom. The molecule has 0 saturated heterocycles. The van der Waals surface area contributed by atoms with E-state index in [4.69, 9.17) is 19.2 Å². The van der Waals surface area contributed by atoms with E-state index in [1.165, 1.54) is 47.9 Å². The third kappa shape index (κ3) is 4.42. The third-order valence-corrected chi connectivity index (χ3v) is 16.6. The molecule has 0 aliphatic heterocycles. The Labute approximate surface area is 305 Å². The van der Waals surface area contributed by atoms with Gasteiger partial charge in [-0.2, -0.15) is 0 Å². The van der Waals surface area contributed by atoms with Crippen molar-refractivity contribution in [2.45, 2.75) is 118 Å². The zero-order chi connectivity index (χ0) is 35.7. The molecule has 5 heteroatoms. The lowest BCUT2D eigenvalue weighted by molar-refractivity contribution is -0.157. The number of pyridine rings is 1. The van der Waals surface area contributed by atoms with Gasteiger partial charge in [-0.25, -0.2) is 0 Å². The Balaban J connectivity index is 1.13. The van der Waals surface area contributed by atoms with Crippen molar-refractivity contribution in [1.29, 1.82) is 0 Å². The maximum absolute atomic E-state index is 6.76. The number of nitrogens with zero attached hydrogens (tertiary/aromatic N) is 3. The van der Waals surface area contributed by atoms with E-state index in [0.717, 1.165) is 48.4 Å². The smallest absolute Gasteiger partial charge is 0.247 e. The van der Waals surface area contributed by atoms with Crippen LogP contribution in [0.4, 0.5) is 0 Å². The van der Waals surface area contributed by atoms with E-state index in [9.17, 15) is 0 Å². The summed E-state index contributed by atoms with van der Waals surface area (Å²) in [6.07, 6.45) is 12.2. The highest BCUT2D eigenvalue weighted by Crippen LogP contribution is 2.75. The second-order valence-corrected chi connectivity index (χ2v) is 19.0. The summed E-state index contributed by atoms with van der Waals surface area (Å²) in [6, 6.07) is 17.3. The lowest BCUT2D eigenvalue weighted by atomic mass is 9.33. The number of fused-ring (bicyclic) bond motifs is 9. The van der Waals surface area contributed by atoms with Crippen molar-refractivity contribution < 1.29 is 9.15 Å². The summed E-state index contributed by atoms with van der Waals surface area (Å²) >= 11 is 0. The SMILES string of the molecule is COc1ccc2nc3c(cc2c1)C[C@]1(C)[C@H]2CC=C4[C@@H]5[C@@H](C)[C@H](C)CC[C@]5(c5nnc(-c6ccc(C)cc6)o5)CC[C@@]4(C)[C@]2(C)CC[C@H]1C3(C)C. The molecule has 0 amide bonds. The van der Waals surface area contributed by atoms with Gasteiger partial charge in [-0.05, 0) is 146 Å². The van der Waals surface area contributed by atoms with Crippen LogP contribution in [0, 0.1) is 52.8 Å². The zero-order valence-electron chi connectivity index (χ0n) is 32.4. The first-order chi connectivity index (χ1) is 24.2. The zero-order valence-corrected chi connectivity index (χ0v) is 32.4. The van der Waals surface area contributed by atoms with Crippen LogP contribution in [0.1, 0.15) is 116 Å². The molecule has 0 radical (unpaired) electrons. The van der Waals surface area contributed by atoms with Gasteiger partial charge in [0.2, 0.25) is 11.8 Å². The first-order valence-electron chi connectivity index (χ1n) is 19.8. The number of aromatic nitrogens is 3. The van der Waals surface area contributed by atoms with Gasteiger partial charge >= 0.3 is 0 Å². The molecule has 9 rings (SSSR count). The Morgan fingerprint density at radius 3 is 2.39 bits per heavy atom. The molecule has 5 aliphatic carbocycles. The predicted molar refractivity (Wildman–Crippen MR) is 205 cm³/mol. The van der Waals surface area contributed by atoms with Gasteiger partial charge in [0.1, 0.15) is 5.75 Å². The van der Waals surface area contributed by atoms with Crippen LogP contribution in [0.2, 0.25) is 0 Å². The standard InChI is InChI=1S/C46H57N3O2/c1-27-10-12-30(13-11-27)40-48-49-41(51-40)46-21-18-28(2)29(3)38(46)34-15-17-37-43(6)26-32-24-31-25-33(50-9)14-16-35(31)47-39(32)42(4,5)36(43)19-20-45(37,8)44(34,7)22-23-46/h10-16,24-25,28-29,36-38H,17-23,26H2,1-9H3/t28-,29+,36+,37-,38+,43+,44-,45-,46+/m1/s1. The lowest BCUT2D eigenvalue weighted by Crippen LogP contribution is -2.65. The molecule has 0 unspecified atom stereocenters. The van der Waals surface area contributed by atoms with Crippen LogP contribution >= 0.6 is 0 Å². The molecule has 0 bridgehead atoms. The number of rotatable bonds is 3. The molecule has 3 fully saturated rings. The second-order valence-electron chi connectivity index (χ2n) is 19.0. The summed E-state index contributed by atoms with van der Waals surface area (Å²) in [7, 11) is 1.75. The second kappa shape index (κ2) is 11.0. The van der Waals surface area contributed by atoms with Gasteiger partial charge in [0, 0.05) is 16.4 Å². The van der Waals surface area contributed by atoms with Gasteiger partial charge in [-0.3, -0.25) is 4.98 Å². The van der Waals surface area contributed by atoms with Crippen LogP contribution in [-0.4, -0.2) is 22.3 Å². The number of methoxy groups -OCH3 is 1. The van der Waals surface area contributed by atoms with E-state index in [0.29, 0.717) is 35.5 Å². The van der Waals surface area contributed by atoms with E-state index < -0.39 is 0 Å². The summed E-state index contributed by atoms with van der Waals surface area (Å²) in [5.74, 6) is 5.29. The Morgan fingerprint density at radius 2 is 1.63 bits per heavy atom. The summed E-state index contributed by atoms with van der Waals surface area (Å²) in [4.78, 5) is 5.40. The monoisotopic (exact) mass is 683 g/mol. The van der Waals surface area contributed by atoms with E-state index in [-0.39, 0.29) is 27.1 Å². The number of aryl methyl sites for hydroxylation is 1. The number of allylic oxidation sites excluding steroid dienone is 2. The molecule has 5 aliphatic rings. The molecule has 51 heavy (non-hydrogen) atoms. The average Bonchev–Trinajstić information content (AvgIpc) is 3.60. The molecular formula is C46H57N3O2. The highest BCUT2D eigenvalue weighted by atomic mass is 16.5. The Bertz CT molecular complexity index is 2060. The highest BCUT2D eigenvalue weighted by Gasteiger charge is 2.69. The fraction of sp³-hybridized carbons (Fsp3) is 0.587. The molecule has 2 heterocycles. The van der Waals surface area contributed by atoms with Crippen molar-refractivity contribution in [3.05, 3.63) is 82.9 Å². The van der Waals surface area contributed by atoms with E-state index in [2.05, 4.69) is 115 Å². The fourth-order valence-corrected chi connectivity index (χ4v) is 13.5. The molecule has 2 aromatic carbocycles. The van der Waals surface area contributed by atoms with Crippen LogP contribution < -0.4 is 4.74 Å². The van der Waals surface area contributed by atoms with Crippen LogP contribution in [0.5, 0.6) is 5.75 Å². The first-order valence-corrected chi connectivity index (χ1v) is 19.8. The first kappa shape index (κ1) is 33.4. The fourth-order valence-electron chi connectivity index (χ4n) is 13.5. The number of hydrogen-bond donors (Lipinski definition) is 0. The van der Waals surface area contributed by atoms with Gasteiger partial charge in [0.15, 0.2) is 0 Å². The van der Waals surface area contributed by atoms with Gasteiger partial charge < -0.3 is 9.15 Å². The minimum atomic E-state index is -0.100. The average molecular weight is 684 g/mol. The Hall–Kier alpha value is -3.47. The van der Waals surface area contributed by atoms with E-state index in [1.807, 2.05) is 0 Å². The molecule has 4 aromatic rings. The van der Waals surface area contributed by atoms with Crippen LogP contribution in [-0.2, 0) is 17.3 Å². The molecule has 0 spiro atoms. The van der Waals surface area contributed by atoms with Crippen molar-refractivity contribution >= 4 is 10.9 Å². The van der Waals surface area contributed by atoms with E-state index in [1.54, 1.807) is 12.7 Å². The minimum Gasteiger partial charge on any atom is -0.497 e. The highest BCUT2D eigenvalue weighted by molar-refractivity contribution is 5.81.